The van der Waals surface area contributed by atoms with Crippen LogP contribution in [0.25, 0.3) is 0 Å². The molecule has 0 heterocycles. The van der Waals surface area contributed by atoms with Crippen molar-refractivity contribution in [1.82, 2.24) is 5.32 Å². The number of benzene rings is 1. The van der Waals surface area contributed by atoms with Gasteiger partial charge in [0.2, 0.25) is 0 Å². The van der Waals surface area contributed by atoms with Crippen LogP contribution in [0, 0.1) is 0 Å². The summed E-state index contributed by atoms with van der Waals surface area (Å²) in [5.41, 5.74) is 0.960. The molecule has 16 heavy (non-hydrogen) atoms. The summed E-state index contributed by atoms with van der Waals surface area (Å²) in [6.45, 7) is -0.266. The zero-order valence-corrected chi connectivity index (χ0v) is 8.80. The number of rotatable bonds is 5. The van der Waals surface area contributed by atoms with E-state index in [9.17, 15) is 4.79 Å². The molecule has 5 heteroatoms. The molecule has 1 atom stereocenters. The number of nitrogens with one attached hydrogen (secondary N) is 1. The molecule has 0 saturated heterocycles. The second-order valence-corrected chi connectivity index (χ2v) is 3.27. The molecular weight excluding hydrogens is 210 g/mol. The third kappa shape index (κ3) is 4.77. The number of aliphatic hydroxyl groups is 2. The summed E-state index contributed by atoms with van der Waals surface area (Å²) in [4.78, 5) is 11.1. The van der Waals surface area contributed by atoms with Crippen molar-refractivity contribution in [1.29, 1.82) is 0 Å². The monoisotopic (exact) mass is 225 g/mol. The van der Waals surface area contributed by atoms with Gasteiger partial charge in [0.15, 0.2) is 0 Å². The van der Waals surface area contributed by atoms with E-state index in [1.54, 1.807) is 0 Å². The number of amides is 1. The van der Waals surface area contributed by atoms with Crippen LogP contribution < -0.4 is 5.32 Å². The van der Waals surface area contributed by atoms with E-state index in [2.05, 4.69) is 10.1 Å². The van der Waals surface area contributed by atoms with Gasteiger partial charge in [-0.2, -0.15) is 0 Å². The molecule has 0 saturated carbocycles. The molecule has 0 aromatic heterocycles. The maximum absolute atomic E-state index is 11.1. The Hall–Kier alpha value is -1.59. The minimum Gasteiger partial charge on any atom is -0.447 e. The summed E-state index contributed by atoms with van der Waals surface area (Å²) in [6, 6.07) is 9.39. The van der Waals surface area contributed by atoms with Gasteiger partial charge in [-0.1, -0.05) is 30.3 Å². The predicted octanol–water partition coefficient (Wildman–Crippen LogP) is 0.266. The third-order valence-corrected chi connectivity index (χ3v) is 1.90. The smallest absolute Gasteiger partial charge is 0.407 e. The fourth-order valence-electron chi connectivity index (χ4n) is 1.05. The first-order valence-electron chi connectivity index (χ1n) is 4.96. The van der Waals surface area contributed by atoms with E-state index < -0.39 is 18.8 Å². The van der Waals surface area contributed by atoms with Crippen LogP contribution >= 0.6 is 0 Å². The van der Waals surface area contributed by atoms with Gasteiger partial charge in [-0.25, -0.2) is 4.79 Å². The lowest BCUT2D eigenvalue weighted by atomic mass is 10.2. The number of carbonyl (C=O) groups is 1. The summed E-state index contributed by atoms with van der Waals surface area (Å²) >= 11 is 0. The quantitative estimate of drug-likeness (QED) is 0.672. The Balaban J connectivity index is 2.20. The lowest BCUT2D eigenvalue weighted by Crippen LogP contribution is -2.28. The Labute approximate surface area is 93.7 Å². The van der Waals surface area contributed by atoms with Gasteiger partial charge in [-0.3, -0.25) is 0 Å². The van der Waals surface area contributed by atoms with Crippen LogP contribution in [-0.2, 0) is 11.3 Å². The number of carbonyl (C=O) groups excluding carboxylic acids is 1. The van der Waals surface area contributed by atoms with E-state index in [1.165, 1.54) is 0 Å². The summed E-state index contributed by atoms with van der Waals surface area (Å²) in [5, 5.41) is 20.0. The second-order valence-electron chi connectivity index (χ2n) is 3.27. The lowest BCUT2D eigenvalue weighted by Gasteiger charge is -2.09. The Bertz CT molecular complexity index is 315. The summed E-state index contributed by atoms with van der Waals surface area (Å²) in [6.07, 6.45) is -1.64. The maximum atomic E-state index is 11.1. The van der Waals surface area contributed by atoms with Crippen molar-refractivity contribution in [3.05, 3.63) is 35.9 Å². The molecule has 0 bridgehead atoms. The maximum Gasteiger partial charge on any atom is 0.407 e. The van der Waals surface area contributed by atoms with Gasteiger partial charge in [0.05, 0.1) is 6.61 Å². The van der Waals surface area contributed by atoms with Crippen molar-refractivity contribution in [3.63, 3.8) is 0 Å². The van der Waals surface area contributed by atoms with Crippen molar-refractivity contribution >= 4 is 6.09 Å². The summed E-state index contributed by atoms with van der Waals surface area (Å²) in [7, 11) is 0. The Morgan fingerprint density at radius 2 is 2.06 bits per heavy atom. The highest BCUT2D eigenvalue weighted by Gasteiger charge is 2.06. The van der Waals surface area contributed by atoms with E-state index in [1.807, 2.05) is 30.3 Å². The fourth-order valence-corrected chi connectivity index (χ4v) is 1.05. The van der Waals surface area contributed by atoms with Crippen molar-refractivity contribution < 1.29 is 19.7 Å². The SMILES string of the molecule is O=C(NCc1ccccc1)OCC(O)CO. The van der Waals surface area contributed by atoms with Crippen molar-refractivity contribution in [2.75, 3.05) is 13.2 Å². The van der Waals surface area contributed by atoms with Gasteiger partial charge >= 0.3 is 6.09 Å². The number of ether oxygens (including phenoxy) is 1. The molecule has 0 fully saturated rings. The van der Waals surface area contributed by atoms with Gasteiger partial charge in [-0.15, -0.1) is 0 Å². The minimum absolute atomic E-state index is 0.211. The molecular formula is C11H15NO4. The molecule has 0 aliphatic heterocycles. The van der Waals surface area contributed by atoms with Gasteiger partial charge in [0.1, 0.15) is 12.7 Å². The van der Waals surface area contributed by atoms with Crippen LogP contribution in [0.1, 0.15) is 5.56 Å². The minimum atomic E-state index is -1.03. The molecule has 0 radical (unpaired) electrons. The first-order valence-corrected chi connectivity index (χ1v) is 4.96. The molecule has 88 valence electrons. The Morgan fingerprint density at radius 1 is 1.38 bits per heavy atom. The van der Waals surface area contributed by atoms with Gasteiger partial charge in [-0.05, 0) is 5.56 Å². The second kappa shape index (κ2) is 6.81. The molecule has 1 aromatic carbocycles. The lowest BCUT2D eigenvalue weighted by molar-refractivity contribution is 0.0320. The fraction of sp³-hybridized carbons (Fsp3) is 0.364. The van der Waals surface area contributed by atoms with Crippen LogP contribution in [0.5, 0.6) is 0 Å². The molecule has 1 rings (SSSR count). The molecule has 3 N–H and O–H groups in total. The number of alkyl carbamates (subject to hydrolysis) is 1. The van der Waals surface area contributed by atoms with Crippen LogP contribution in [0.3, 0.4) is 0 Å². The highest BCUT2D eigenvalue weighted by molar-refractivity contribution is 5.67. The van der Waals surface area contributed by atoms with E-state index in [4.69, 9.17) is 10.2 Å². The van der Waals surface area contributed by atoms with E-state index in [0.29, 0.717) is 6.54 Å². The zero-order valence-electron chi connectivity index (χ0n) is 8.80. The molecule has 1 unspecified atom stereocenters. The normalized spacial score (nSPS) is 11.9. The first kappa shape index (κ1) is 12.5. The molecule has 1 aromatic rings. The molecule has 0 spiro atoms. The van der Waals surface area contributed by atoms with Crippen molar-refractivity contribution in [2.24, 2.45) is 0 Å². The average Bonchev–Trinajstić information content (AvgIpc) is 2.34. The Kier molecular flexibility index (Phi) is 5.31. The average molecular weight is 225 g/mol. The molecule has 0 aliphatic rings. The number of hydrogen-bond acceptors (Lipinski definition) is 4. The van der Waals surface area contributed by atoms with Crippen LogP contribution in [0.2, 0.25) is 0 Å². The molecule has 1 amide bonds. The van der Waals surface area contributed by atoms with Crippen LogP contribution in [-0.4, -0.2) is 35.6 Å². The highest BCUT2D eigenvalue weighted by Crippen LogP contribution is 1.97. The summed E-state index contributed by atoms with van der Waals surface area (Å²) < 4.78 is 4.66. The zero-order chi connectivity index (χ0) is 11.8. The van der Waals surface area contributed by atoms with E-state index >= 15 is 0 Å². The molecule has 5 nitrogen and oxygen atoms in total. The van der Waals surface area contributed by atoms with E-state index in [-0.39, 0.29) is 6.61 Å². The standard InChI is InChI=1S/C11H15NO4/c13-7-10(14)8-16-11(15)12-6-9-4-2-1-3-5-9/h1-5,10,13-14H,6-8H2,(H,12,15). The van der Waals surface area contributed by atoms with Gasteiger partial charge in [0, 0.05) is 6.54 Å². The van der Waals surface area contributed by atoms with E-state index in [0.717, 1.165) is 5.56 Å². The third-order valence-electron chi connectivity index (χ3n) is 1.90. The van der Waals surface area contributed by atoms with Crippen molar-refractivity contribution in [2.45, 2.75) is 12.6 Å². The summed E-state index contributed by atoms with van der Waals surface area (Å²) in [5.74, 6) is 0. The largest absolute Gasteiger partial charge is 0.447 e. The van der Waals surface area contributed by atoms with Gasteiger partial charge in [0.25, 0.3) is 0 Å². The van der Waals surface area contributed by atoms with Crippen molar-refractivity contribution in [3.8, 4) is 0 Å². The number of aliphatic hydroxyl groups excluding tert-OH is 2. The highest BCUT2D eigenvalue weighted by atomic mass is 16.6. The van der Waals surface area contributed by atoms with Gasteiger partial charge < -0.3 is 20.3 Å². The van der Waals surface area contributed by atoms with Crippen LogP contribution in [0.15, 0.2) is 30.3 Å². The van der Waals surface area contributed by atoms with Crippen LogP contribution in [0.4, 0.5) is 4.79 Å². The predicted molar refractivity (Wildman–Crippen MR) is 57.7 cm³/mol. The topological polar surface area (TPSA) is 78.8 Å². The number of hydrogen-bond donors (Lipinski definition) is 3. The molecule has 0 aliphatic carbocycles. The first-order chi connectivity index (χ1) is 7.72. The Morgan fingerprint density at radius 3 is 2.69 bits per heavy atom.